The molecule has 2 heterocycles. The van der Waals surface area contributed by atoms with Crippen LogP contribution in [0.4, 0.5) is 10.1 Å². The number of thiazole rings is 1. The molecule has 1 saturated heterocycles. The molecule has 0 unspecified atom stereocenters. The first-order valence-corrected chi connectivity index (χ1v) is 10.9. The van der Waals surface area contributed by atoms with E-state index in [0.717, 1.165) is 47.2 Å². The Bertz CT molecular complexity index is 993. The maximum atomic E-state index is 13.1. The van der Waals surface area contributed by atoms with Crippen LogP contribution in [0, 0.1) is 5.82 Å². The zero-order valence-electron chi connectivity index (χ0n) is 17.2. The van der Waals surface area contributed by atoms with Crippen molar-refractivity contribution in [2.75, 3.05) is 45.2 Å². The predicted molar refractivity (Wildman–Crippen MR) is 119 cm³/mol. The van der Waals surface area contributed by atoms with E-state index in [1.165, 1.54) is 12.1 Å². The highest BCUT2D eigenvalue weighted by atomic mass is 32.1. The van der Waals surface area contributed by atoms with E-state index in [9.17, 15) is 9.18 Å². The van der Waals surface area contributed by atoms with Crippen molar-refractivity contribution in [3.8, 4) is 11.3 Å². The summed E-state index contributed by atoms with van der Waals surface area (Å²) in [5.41, 5.74) is 3.62. The van der Waals surface area contributed by atoms with Gasteiger partial charge in [0, 0.05) is 62.5 Å². The van der Waals surface area contributed by atoms with Gasteiger partial charge >= 0.3 is 0 Å². The first kappa shape index (κ1) is 20.5. The number of nitrogens with zero attached hydrogens (tertiary/aromatic N) is 4. The van der Waals surface area contributed by atoms with Gasteiger partial charge in [0.15, 0.2) is 0 Å². The zero-order valence-corrected chi connectivity index (χ0v) is 18.0. The van der Waals surface area contributed by atoms with Crippen molar-refractivity contribution in [1.82, 2.24) is 14.8 Å². The Morgan fingerprint density at radius 3 is 2.33 bits per heavy atom. The molecule has 156 valence electrons. The minimum Gasteiger partial charge on any atom is -0.378 e. The smallest absolute Gasteiger partial charge is 0.253 e. The van der Waals surface area contributed by atoms with Crippen molar-refractivity contribution >= 4 is 22.9 Å². The van der Waals surface area contributed by atoms with Gasteiger partial charge in [-0.05, 0) is 48.5 Å². The first-order valence-electron chi connectivity index (χ1n) is 9.99. The molecule has 7 heteroatoms. The minimum atomic E-state index is -0.240. The molecule has 1 aliphatic rings. The third-order valence-electron chi connectivity index (χ3n) is 5.34. The monoisotopic (exact) mass is 424 g/mol. The molecule has 0 N–H and O–H groups in total. The van der Waals surface area contributed by atoms with E-state index in [1.807, 2.05) is 53.5 Å². The molecule has 2 aromatic carbocycles. The number of carbonyl (C=O) groups excluding carboxylic acids is 1. The van der Waals surface area contributed by atoms with Crippen LogP contribution < -0.4 is 4.90 Å². The van der Waals surface area contributed by atoms with Crippen molar-refractivity contribution < 1.29 is 9.18 Å². The van der Waals surface area contributed by atoms with Crippen molar-refractivity contribution in [3.05, 3.63) is 70.3 Å². The Hall–Kier alpha value is -2.77. The molecule has 0 bridgehead atoms. The third kappa shape index (κ3) is 4.68. The standard InChI is InChI=1S/C23H25FN4OS/c1-26(2)20-9-5-18(6-10-20)23(29)28-13-11-27(12-14-28)15-22-25-21(16-30-22)17-3-7-19(24)8-4-17/h3-10,16H,11-15H2,1-2H3. The number of rotatable bonds is 5. The number of carbonyl (C=O) groups is 1. The molecular formula is C23H25FN4OS. The van der Waals surface area contributed by atoms with Crippen LogP contribution in [0.25, 0.3) is 11.3 Å². The molecule has 1 aliphatic heterocycles. The molecule has 1 amide bonds. The van der Waals surface area contributed by atoms with E-state index in [2.05, 4.69) is 4.90 Å². The lowest BCUT2D eigenvalue weighted by molar-refractivity contribution is 0.0628. The summed E-state index contributed by atoms with van der Waals surface area (Å²) in [6, 6.07) is 14.2. The summed E-state index contributed by atoms with van der Waals surface area (Å²) in [5, 5.41) is 3.05. The summed E-state index contributed by atoms with van der Waals surface area (Å²) in [6.07, 6.45) is 0. The SMILES string of the molecule is CN(C)c1ccc(C(=O)N2CCN(Cc3nc(-c4ccc(F)cc4)cs3)CC2)cc1. The van der Waals surface area contributed by atoms with Gasteiger partial charge in [0.05, 0.1) is 12.2 Å². The molecule has 0 spiro atoms. The second kappa shape index (κ2) is 8.93. The second-order valence-electron chi connectivity index (χ2n) is 7.64. The number of aromatic nitrogens is 1. The molecule has 0 saturated carbocycles. The number of anilines is 1. The number of amides is 1. The molecule has 5 nitrogen and oxygen atoms in total. The highest BCUT2D eigenvalue weighted by Crippen LogP contribution is 2.23. The zero-order chi connectivity index (χ0) is 21.1. The molecule has 1 fully saturated rings. The fourth-order valence-electron chi connectivity index (χ4n) is 3.52. The summed E-state index contributed by atoms with van der Waals surface area (Å²) in [5.74, 6) is -0.150. The van der Waals surface area contributed by atoms with Gasteiger partial charge in [-0.1, -0.05) is 0 Å². The average molecular weight is 425 g/mol. The lowest BCUT2D eigenvalue weighted by atomic mass is 10.1. The Kier molecular flexibility index (Phi) is 6.11. The largest absolute Gasteiger partial charge is 0.378 e. The molecule has 30 heavy (non-hydrogen) atoms. The molecular weight excluding hydrogens is 399 g/mol. The number of hydrogen-bond acceptors (Lipinski definition) is 5. The summed E-state index contributed by atoms with van der Waals surface area (Å²) in [4.78, 5) is 23.8. The van der Waals surface area contributed by atoms with Crippen molar-refractivity contribution in [1.29, 1.82) is 0 Å². The number of halogens is 1. The van der Waals surface area contributed by atoms with Gasteiger partial charge in [-0.15, -0.1) is 11.3 Å². The molecule has 0 radical (unpaired) electrons. The molecule has 3 aromatic rings. The van der Waals surface area contributed by atoms with E-state index < -0.39 is 0 Å². The van der Waals surface area contributed by atoms with Crippen LogP contribution >= 0.6 is 11.3 Å². The Balaban J connectivity index is 1.31. The molecule has 1 aromatic heterocycles. The highest BCUT2D eigenvalue weighted by Gasteiger charge is 2.23. The normalized spacial score (nSPS) is 14.7. The number of benzene rings is 2. The van der Waals surface area contributed by atoms with Gasteiger partial charge in [-0.3, -0.25) is 9.69 Å². The van der Waals surface area contributed by atoms with Crippen LogP contribution in [0.5, 0.6) is 0 Å². The molecule has 4 rings (SSSR count). The van der Waals surface area contributed by atoms with E-state index in [0.29, 0.717) is 13.1 Å². The van der Waals surface area contributed by atoms with Crippen LogP contribution in [-0.4, -0.2) is 61.0 Å². The van der Waals surface area contributed by atoms with Gasteiger partial charge in [0.25, 0.3) is 5.91 Å². The lowest BCUT2D eigenvalue weighted by Crippen LogP contribution is -2.48. The van der Waals surface area contributed by atoms with Crippen LogP contribution in [0.15, 0.2) is 53.9 Å². The van der Waals surface area contributed by atoms with Crippen LogP contribution in [0.3, 0.4) is 0 Å². The second-order valence-corrected chi connectivity index (χ2v) is 8.59. The van der Waals surface area contributed by atoms with Gasteiger partial charge in [0.1, 0.15) is 10.8 Å². The van der Waals surface area contributed by atoms with Gasteiger partial charge in [-0.25, -0.2) is 9.37 Å². The van der Waals surface area contributed by atoms with Crippen molar-refractivity contribution in [3.63, 3.8) is 0 Å². The number of hydrogen-bond donors (Lipinski definition) is 0. The molecule has 0 atom stereocenters. The van der Waals surface area contributed by atoms with Crippen molar-refractivity contribution in [2.45, 2.75) is 6.54 Å². The fourth-order valence-corrected chi connectivity index (χ4v) is 4.37. The summed E-state index contributed by atoms with van der Waals surface area (Å²) in [6.45, 7) is 3.85. The minimum absolute atomic E-state index is 0.0906. The van der Waals surface area contributed by atoms with Crippen LogP contribution in [0.1, 0.15) is 15.4 Å². The van der Waals surface area contributed by atoms with E-state index >= 15 is 0 Å². The van der Waals surface area contributed by atoms with E-state index in [4.69, 9.17) is 4.98 Å². The Labute approximate surface area is 180 Å². The summed E-state index contributed by atoms with van der Waals surface area (Å²) in [7, 11) is 3.97. The first-order chi connectivity index (χ1) is 14.5. The Morgan fingerprint density at radius 1 is 1.03 bits per heavy atom. The summed E-state index contributed by atoms with van der Waals surface area (Å²) < 4.78 is 13.1. The van der Waals surface area contributed by atoms with Crippen molar-refractivity contribution in [2.24, 2.45) is 0 Å². The van der Waals surface area contributed by atoms with Crippen LogP contribution in [0.2, 0.25) is 0 Å². The third-order valence-corrected chi connectivity index (χ3v) is 6.17. The average Bonchev–Trinajstić information content (AvgIpc) is 3.23. The van der Waals surface area contributed by atoms with Gasteiger partial charge in [-0.2, -0.15) is 0 Å². The summed E-state index contributed by atoms with van der Waals surface area (Å²) >= 11 is 1.62. The fraction of sp³-hybridized carbons (Fsp3) is 0.304. The maximum absolute atomic E-state index is 13.1. The Morgan fingerprint density at radius 2 is 1.70 bits per heavy atom. The quantitative estimate of drug-likeness (QED) is 0.621. The predicted octanol–water partition coefficient (Wildman–Crippen LogP) is 3.97. The lowest BCUT2D eigenvalue weighted by Gasteiger charge is -2.34. The van der Waals surface area contributed by atoms with Crippen LogP contribution in [-0.2, 0) is 6.54 Å². The van der Waals surface area contributed by atoms with Gasteiger partial charge in [0.2, 0.25) is 0 Å². The maximum Gasteiger partial charge on any atom is 0.253 e. The van der Waals surface area contributed by atoms with Gasteiger partial charge < -0.3 is 9.80 Å². The van der Waals surface area contributed by atoms with E-state index in [-0.39, 0.29) is 11.7 Å². The number of piperazine rings is 1. The van der Waals surface area contributed by atoms with E-state index in [1.54, 1.807) is 23.5 Å². The highest BCUT2D eigenvalue weighted by molar-refractivity contribution is 7.09. The topological polar surface area (TPSA) is 39.7 Å². The molecule has 0 aliphatic carbocycles.